The third kappa shape index (κ3) is 5.10. The molecule has 0 radical (unpaired) electrons. The van der Waals surface area contributed by atoms with Gasteiger partial charge in [0, 0.05) is 12.2 Å². The molecule has 1 aliphatic rings. The summed E-state index contributed by atoms with van der Waals surface area (Å²) in [5.41, 5.74) is 4.53. The fourth-order valence-electron chi connectivity index (χ4n) is 4.41. The monoisotopic (exact) mass is 435 g/mol. The fourth-order valence-corrected chi connectivity index (χ4v) is 4.41. The van der Waals surface area contributed by atoms with Gasteiger partial charge in [-0.1, -0.05) is 30.3 Å². The number of nitrogens with one attached hydrogen (secondary N) is 1. The predicted molar refractivity (Wildman–Crippen MR) is 124 cm³/mol. The molecule has 7 heteroatoms. The van der Waals surface area contributed by atoms with Crippen molar-refractivity contribution in [1.29, 1.82) is 0 Å². The lowest BCUT2D eigenvalue weighted by Crippen LogP contribution is -2.38. The van der Waals surface area contributed by atoms with Gasteiger partial charge in [-0.2, -0.15) is 5.10 Å². The Kier molecular flexibility index (Phi) is 6.74. The summed E-state index contributed by atoms with van der Waals surface area (Å²) in [5.74, 6) is 2.16. The van der Waals surface area contributed by atoms with Gasteiger partial charge in [-0.05, 0) is 65.1 Å². The molecule has 3 heterocycles. The molecule has 1 N–H and O–H groups in total. The standard InChI is InChI=1S/C25H33N5O2/c1-17-20(4)32-23(27-17)16-29-12-10-21(11-13-29)14-26-25(31)24-18(2)28-30(19(24)3)15-22-8-6-5-7-9-22/h5-9,21H,10-16H2,1-4H3,(H,26,31). The summed E-state index contributed by atoms with van der Waals surface area (Å²) in [6.07, 6.45) is 2.12. The molecule has 0 atom stereocenters. The second-order valence-electron chi connectivity index (χ2n) is 8.87. The molecule has 1 aromatic carbocycles. The van der Waals surface area contributed by atoms with E-state index >= 15 is 0 Å². The molecular weight excluding hydrogens is 402 g/mol. The zero-order chi connectivity index (χ0) is 22.7. The summed E-state index contributed by atoms with van der Waals surface area (Å²) in [4.78, 5) is 19.8. The van der Waals surface area contributed by atoms with Gasteiger partial charge in [-0.25, -0.2) is 4.98 Å². The average Bonchev–Trinajstić information content (AvgIpc) is 3.24. The summed E-state index contributed by atoms with van der Waals surface area (Å²) in [6.45, 7) is 11.9. The van der Waals surface area contributed by atoms with Crippen molar-refractivity contribution in [2.45, 2.75) is 53.6 Å². The normalized spacial score (nSPS) is 15.2. The van der Waals surface area contributed by atoms with Gasteiger partial charge < -0.3 is 9.73 Å². The number of nitrogens with zero attached hydrogens (tertiary/aromatic N) is 4. The molecule has 1 saturated heterocycles. The van der Waals surface area contributed by atoms with Crippen LogP contribution in [0.3, 0.4) is 0 Å². The molecule has 0 unspecified atom stereocenters. The number of hydrogen-bond donors (Lipinski definition) is 1. The Morgan fingerprint density at radius 1 is 1.06 bits per heavy atom. The number of aromatic nitrogens is 3. The first-order valence-electron chi connectivity index (χ1n) is 11.4. The number of carbonyl (C=O) groups is 1. The van der Waals surface area contributed by atoms with E-state index in [0.717, 1.165) is 61.2 Å². The SMILES string of the molecule is Cc1nc(CN2CCC(CNC(=O)c3c(C)nn(Cc4ccccc4)c3C)CC2)oc1C. The van der Waals surface area contributed by atoms with Crippen LogP contribution in [-0.4, -0.2) is 45.2 Å². The van der Waals surface area contributed by atoms with Crippen LogP contribution in [0.2, 0.25) is 0 Å². The smallest absolute Gasteiger partial charge is 0.255 e. The summed E-state index contributed by atoms with van der Waals surface area (Å²) >= 11 is 0. The van der Waals surface area contributed by atoms with E-state index in [9.17, 15) is 4.79 Å². The van der Waals surface area contributed by atoms with Crippen LogP contribution >= 0.6 is 0 Å². The number of aryl methyl sites for hydroxylation is 3. The van der Waals surface area contributed by atoms with E-state index in [0.29, 0.717) is 24.6 Å². The molecule has 7 nitrogen and oxygen atoms in total. The molecule has 3 aromatic rings. The number of amides is 1. The largest absolute Gasteiger partial charge is 0.444 e. The number of likely N-dealkylation sites (tertiary alicyclic amines) is 1. The van der Waals surface area contributed by atoms with Crippen LogP contribution in [0.5, 0.6) is 0 Å². The quantitative estimate of drug-likeness (QED) is 0.611. The van der Waals surface area contributed by atoms with Crippen molar-refractivity contribution in [3.8, 4) is 0 Å². The Morgan fingerprint density at radius 3 is 2.44 bits per heavy atom. The Morgan fingerprint density at radius 2 is 1.78 bits per heavy atom. The molecule has 0 bridgehead atoms. The molecule has 170 valence electrons. The summed E-state index contributed by atoms with van der Waals surface area (Å²) < 4.78 is 7.64. The number of rotatable bonds is 7. The van der Waals surface area contributed by atoms with Gasteiger partial charge in [0.2, 0.25) is 5.89 Å². The first kappa shape index (κ1) is 22.3. The van der Waals surface area contributed by atoms with Crippen molar-refractivity contribution in [1.82, 2.24) is 25.0 Å². The average molecular weight is 436 g/mol. The van der Waals surface area contributed by atoms with Crippen LogP contribution in [0.4, 0.5) is 0 Å². The highest BCUT2D eigenvalue weighted by Crippen LogP contribution is 2.20. The number of carbonyl (C=O) groups excluding carboxylic acids is 1. The lowest BCUT2D eigenvalue weighted by molar-refractivity contribution is 0.0932. The number of oxazole rings is 1. The van der Waals surface area contributed by atoms with E-state index < -0.39 is 0 Å². The molecule has 0 spiro atoms. The van der Waals surface area contributed by atoms with E-state index in [2.05, 4.69) is 32.4 Å². The zero-order valence-electron chi connectivity index (χ0n) is 19.5. The van der Waals surface area contributed by atoms with Crippen molar-refractivity contribution in [3.63, 3.8) is 0 Å². The molecule has 32 heavy (non-hydrogen) atoms. The van der Waals surface area contributed by atoms with E-state index in [4.69, 9.17) is 4.42 Å². The van der Waals surface area contributed by atoms with Gasteiger partial charge in [0.1, 0.15) is 5.76 Å². The Hall–Kier alpha value is -2.93. The minimum atomic E-state index is -0.0209. The van der Waals surface area contributed by atoms with Crippen LogP contribution in [0.15, 0.2) is 34.7 Å². The number of piperidine rings is 1. The summed E-state index contributed by atoms with van der Waals surface area (Å²) in [7, 11) is 0. The molecule has 0 aliphatic carbocycles. The Balaban J connectivity index is 1.28. The highest BCUT2D eigenvalue weighted by molar-refractivity contribution is 5.96. The maximum absolute atomic E-state index is 12.9. The van der Waals surface area contributed by atoms with Crippen LogP contribution in [0, 0.1) is 33.6 Å². The van der Waals surface area contributed by atoms with E-state index in [1.165, 1.54) is 5.56 Å². The van der Waals surface area contributed by atoms with Crippen LogP contribution < -0.4 is 5.32 Å². The van der Waals surface area contributed by atoms with Crippen LogP contribution in [-0.2, 0) is 13.1 Å². The predicted octanol–water partition coefficient (Wildman–Crippen LogP) is 3.80. The van der Waals surface area contributed by atoms with Crippen molar-refractivity contribution < 1.29 is 9.21 Å². The highest BCUT2D eigenvalue weighted by atomic mass is 16.4. The molecule has 1 fully saturated rings. The fraction of sp³-hybridized carbons (Fsp3) is 0.480. The first-order chi connectivity index (χ1) is 15.4. The van der Waals surface area contributed by atoms with Crippen molar-refractivity contribution in [2.75, 3.05) is 19.6 Å². The van der Waals surface area contributed by atoms with Gasteiger partial charge in [-0.3, -0.25) is 14.4 Å². The first-order valence-corrected chi connectivity index (χ1v) is 11.4. The number of hydrogen-bond acceptors (Lipinski definition) is 5. The van der Waals surface area contributed by atoms with Crippen molar-refractivity contribution in [3.05, 3.63) is 70.2 Å². The van der Waals surface area contributed by atoms with E-state index in [-0.39, 0.29) is 5.91 Å². The Bertz CT molecular complexity index is 1040. The van der Waals surface area contributed by atoms with Gasteiger partial charge in [0.25, 0.3) is 5.91 Å². The van der Waals surface area contributed by atoms with Gasteiger partial charge in [0.15, 0.2) is 0 Å². The van der Waals surface area contributed by atoms with Crippen LogP contribution in [0.25, 0.3) is 0 Å². The topological polar surface area (TPSA) is 76.2 Å². The summed E-state index contributed by atoms with van der Waals surface area (Å²) in [6, 6.07) is 10.2. The molecule has 2 aromatic heterocycles. The van der Waals surface area contributed by atoms with Crippen molar-refractivity contribution in [2.24, 2.45) is 5.92 Å². The second kappa shape index (κ2) is 9.69. The third-order valence-corrected chi connectivity index (χ3v) is 6.47. The maximum Gasteiger partial charge on any atom is 0.255 e. The van der Waals surface area contributed by atoms with Crippen molar-refractivity contribution >= 4 is 5.91 Å². The minimum Gasteiger partial charge on any atom is -0.444 e. The maximum atomic E-state index is 12.9. The molecule has 4 rings (SSSR count). The molecular formula is C25H33N5O2. The summed E-state index contributed by atoms with van der Waals surface area (Å²) in [5, 5.41) is 7.77. The van der Waals surface area contributed by atoms with Gasteiger partial charge in [0.05, 0.1) is 30.0 Å². The molecule has 0 saturated carbocycles. The lowest BCUT2D eigenvalue weighted by Gasteiger charge is -2.31. The lowest BCUT2D eigenvalue weighted by atomic mass is 9.96. The Labute approximate surface area is 189 Å². The van der Waals surface area contributed by atoms with Gasteiger partial charge >= 0.3 is 0 Å². The minimum absolute atomic E-state index is 0.0209. The zero-order valence-corrected chi connectivity index (χ0v) is 19.5. The molecule has 1 amide bonds. The second-order valence-corrected chi connectivity index (χ2v) is 8.87. The van der Waals surface area contributed by atoms with E-state index in [1.54, 1.807) is 0 Å². The third-order valence-electron chi connectivity index (χ3n) is 6.47. The van der Waals surface area contributed by atoms with Crippen LogP contribution in [0.1, 0.15) is 57.5 Å². The molecule has 1 aliphatic heterocycles. The highest BCUT2D eigenvalue weighted by Gasteiger charge is 2.23. The van der Waals surface area contributed by atoms with Gasteiger partial charge in [-0.15, -0.1) is 0 Å². The van der Waals surface area contributed by atoms with E-state index in [1.807, 2.05) is 50.6 Å². The number of benzene rings is 1.